The first kappa shape index (κ1) is 21.3. The molecule has 4 rings (SSSR count). The molecule has 6 heteroatoms. The number of benzene rings is 3. The van der Waals surface area contributed by atoms with Crippen LogP contribution < -0.4 is 15.1 Å². The van der Waals surface area contributed by atoms with Crippen molar-refractivity contribution < 1.29 is 4.79 Å². The average Bonchev–Trinajstić information content (AvgIpc) is 2.79. The monoisotopic (exact) mass is 424 g/mol. The van der Waals surface area contributed by atoms with E-state index in [4.69, 9.17) is 0 Å². The molecule has 1 N–H and O–H groups in total. The highest BCUT2D eigenvalue weighted by Crippen LogP contribution is 2.20. The van der Waals surface area contributed by atoms with Crippen LogP contribution in [0.2, 0.25) is 0 Å². The molecule has 1 radical (unpaired) electrons. The van der Waals surface area contributed by atoms with Gasteiger partial charge < -0.3 is 15.1 Å². The van der Waals surface area contributed by atoms with Crippen molar-refractivity contribution in [2.75, 3.05) is 43.3 Å². The summed E-state index contributed by atoms with van der Waals surface area (Å²) in [6, 6.07) is 24.7. The zero-order valence-corrected chi connectivity index (χ0v) is 18.8. The van der Waals surface area contributed by atoms with Crippen LogP contribution in [0.4, 0.5) is 17.3 Å². The quantitative estimate of drug-likeness (QED) is 0.497. The Morgan fingerprint density at radius 2 is 1.47 bits per heavy atom. The van der Waals surface area contributed by atoms with E-state index in [9.17, 15) is 4.79 Å². The maximum Gasteiger partial charge on any atom is 0.255 e. The molecule has 0 aliphatic carbocycles. The average molecular weight is 425 g/mol. The molecular weight excluding hydrogens is 398 g/mol. The number of nitrogens with one attached hydrogen (secondary N) is 1. The minimum atomic E-state index is -0.128. The van der Waals surface area contributed by atoms with Gasteiger partial charge in [0.1, 0.15) is 17.5 Å². The molecule has 0 aliphatic rings. The number of hydrogen-bond acceptors (Lipinski definition) is 5. The van der Waals surface area contributed by atoms with Crippen molar-refractivity contribution in [3.8, 4) is 0 Å². The zero-order valence-electron chi connectivity index (χ0n) is 18.8. The Balaban J connectivity index is 1.47. The highest BCUT2D eigenvalue weighted by Gasteiger charge is 2.10. The standard InChI is InChI=1S/C26H26N5O/c1-30(2)24-17-25(31(3)4)29-23(28-24)15-18-9-13-22(14-10-18)27-26(32)21-12-11-19-7-5-6-8-20(19)16-21/h5-14,16H,15H2,1-4H3,(H,27,32). The van der Waals surface area contributed by atoms with Gasteiger partial charge in [0.15, 0.2) is 0 Å². The van der Waals surface area contributed by atoms with Gasteiger partial charge in [0.2, 0.25) is 0 Å². The Hall–Kier alpha value is -3.93. The van der Waals surface area contributed by atoms with E-state index in [1.807, 2.05) is 105 Å². The minimum Gasteiger partial charge on any atom is -0.362 e. The third kappa shape index (κ3) is 4.86. The third-order valence-corrected chi connectivity index (χ3v) is 5.13. The second-order valence-corrected chi connectivity index (χ2v) is 8.09. The highest BCUT2D eigenvalue weighted by atomic mass is 16.1. The molecule has 0 spiro atoms. The summed E-state index contributed by atoms with van der Waals surface area (Å²) in [6.07, 6.45) is 0.593. The van der Waals surface area contributed by atoms with Crippen LogP contribution in [0.25, 0.3) is 10.8 Å². The molecule has 1 aromatic heterocycles. The van der Waals surface area contributed by atoms with Crippen LogP contribution >= 0.6 is 0 Å². The molecular formula is C26H26N5O. The number of carbonyl (C=O) groups is 1. The minimum absolute atomic E-state index is 0.128. The van der Waals surface area contributed by atoms with E-state index in [-0.39, 0.29) is 5.91 Å². The number of fused-ring (bicyclic) bond motifs is 1. The Bertz CT molecular complexity index is 1220. The lowest BCUT2D eigenvalue weighted by molar-refractivity contribution is 0.102. The van der Waals surface area contributed by atoms with Crippen molar-refractivity contribution >= 4 is 34.0 Å². The number of rotatable bonds is 6. The van der Waals surface area contributed by atoms with Crippen LogP contribution in [0, 0.1) is 6.07 Å². The molecule has 161 valence electrons. The van der Waals surface area contributed by atoms with E-state index in [2.05, 4.69) is 21.4 Å². The van der Waals surface area contributed by atoms with Gasteiger partial charge >= 0.3 is 0 Å². The van der Waals surface area contributed by atoms with Crippen LogP contribution in [0.3, 0.4) is 0 Å². The highest BCUT2D eigenvalue weighted by molar-refractivity contribution is 6.06. The van der Waals surface area contributed by atoms with Crippen molar-refractivity contribution in [1.29, 1.82) is 0 Å². The lowest BCUT2D eigenvalue weighted by Crippen LogP contribution is -2.17. The van der Waals surface area contributed by atoms with Crippen molar-refractivity contribution in [1.82, 2.24) is 9.97 Å². The lowest BCUT2D eigenvalue weighted by Gasteiger charge is -2.17. The van der Waals surface area contributed by atoms with E-state index < -0.39 is 0 Å². The number of hydrogen-bond donors (Lipinski definition) is 1. The van der Waals surface area contributed by atoms with Gasteiger partial charge in [0, 0.05) is 45.9 Å². The molecule has 4 aromatic rings. The van der Waals surface area contributed by atoms with Crippen LogP contribution in [0.15, 0.2) is 66.7 Å². The molecule has 0 bridgehead atoms. The third-order valence-electron chi connectivity index (χ3n) is 5.13. The van der Waals surface area contributed by atoms with Crippen LogP contribution in [-0.2, 0) is 6.42 Å². The fourth-order valence-electron chi connectivity index (χ4n) is 3.35. The van der Waals surface area contributed by atoms with Crippen molar-refractivity contribution in [2.24, 2.45) is 0 Å². The molecule has 3 aromatic carbocycles. The Morgan fingerprint density at radius 3 is 2.09 bits per heavy atom. The van der Waals surface area contributed by atoms with Gasteiger partial charge in [0.25, 0.3) is 5.91 Å². The van der Waals surface area contributed by atoms with Crippen molar-refractivity contribution in [2.45, 2.75) is 6.42 Å². The maximum absolute atomic E-state index is 12.7. The molecule has 0 fully saturated rings. The van der Waals surface area contributed by atoms with Crippen LogP contribution in [-0.4, -0.2) is 44.1 Å². The second kappa shape index (κ2) is 9.06. The first-order valence-electron chi connectivity index (χ1n) is 10.4. The Morgan fingerprint density at radius 1 is 0.844 bits per heavy atom. The number of nitrogens with zero attached hydrogens (tertiary/aromatic N) is 4. The summed E-state index contributed by atoms with van der Waals surface area (Å²) in [4.78, 5) is 25.8. The van der Waals surface area contributed by atoms with Crippen LogP contribution in [0.1, 0.15) is 21.7 Å². The molecule has 0 atom stereocenters. The Labute approximate surface area is 188 Å². The summed E-state index contributed by atoms with van der Waals surface area (Å²) < 4.78 is 0. The van der Waals surface area contributed by atoms with E-state index >= 15 is 0 Å². The zero-order chi connectivity index (χ0) is 22.7. The maximum atomic E-state index is 12.7. The second-order valence-electron chi connectivity index (χ2n) is 8.09. The van der Waals surface area contributed by atoms with Gasteiger partial charge in [-0.05, 0) is 40.6 Å². The number of carbonyl (C=O) groups excluding carboxylic acids is 1. The predicted molar refractivity (Wildman–Crippen MR) is 131 cm³/mol. The number of amides is 1. The molecule has 0 unspecified atom stereocenters. The van der Waals surface area contributed by atoms with Crippen LogP contribution in [0.5, 0.6) is 0 Å². The van der Waals surface area contributed by atoms with Gasteiger partial charge in [-0.2, -0.15) is 0 Å². The SMILES string of the molecule is CN(C)c1[c]c(N(C)C)nc(Cc2ccc(NC(=O)c3ccc4ccccc4c3)cc2)n1. The molecule has 1 heterocycles. The lowest BCUT2D eigenvalue weighted by atomic mass is 10.1. The summed E-state index contributed by atoms with van der Waals surface area (Å²) >= 11 is 0. The van der Waals surface area contributed by atoms with Gasteiger partial charge in [-0.1, -0.05) is 42.5 Å². The number of aromatic nitrogens is 2. The topological polar surface area (TPSA) is 61.4 Å². The normalized spacial score (nSPS) is 10.8. The van der Waals surface area contributed by atoms with E-state index in [0.717, 1.165) is 39.5 Å². The fraction of sp³-hybridized carbons (Fsp3) is 0.192. The first-order valence-corrected chi connectivity index (χ1v) is 10.4. The molecule has 0 aliphatic heterocycles. The van der Waals surface area contributed by atoms with E-state index in [1.165, 1.54) is 0 Å². The molecule has 6 nitrogen and oxygen atoms in total. The summed E-state index contributed by atoms with van der Waals surface area (Å²) in [5, 5.41) is 5.13. The first-order chi connectivity index (χ1) is 15.4. The smallest absolute Gasteiger partial charge is 0.255 e. The summed E-state index contributed by atoms with van der Waals surface area (Å²) in [7, 11) is 7.76. The van der Waals surface area contributed by atoms with Crippen molar-refractivity contribution in [3.05, 3.63) is 89.7 Å². The fourth-order valence-corrected chi connectivity index (χ4v) is 3.35. The Kier molecular flexibility index (Phi) is 6.03. The van der Waals surface area contributed by atoms with Gasteiger partial charge in [0.05, 0.1) is 6.07 Å². The molecule has 32 heavy (non-hydrogen) atoms. The van der Waals surface area contributed by atoms with E-state index in [1.54, 1.807) is 0 Å². The molecule has 0 saturated heterocycles. The summed E-state index contributed by atoms with van der Waals surface area (Å²) in [6.45, 7) is 0. The van der Waals surface area contributed by atoms with Gasteiger partial charge in [-0.3, -0.25) is 4.79 Å². The predicted octanol–water partition coefficient (Wildman–Crippen LogP) is 4.41. The largest absolute Gasteiger partial charge is 0.362 e. The van der Waals surface area contributed by atoms with Crippen molar-refractivity contribution in [3.63, 3.8) is 0 Å². The van der Waals surface area contributed by atoms with Gasteiger partial charge in [-0.15, -0.1) is 0 Å². The summed E-state index contributed by atoms with van der Waals surface area (Å²) in [5.41, 5.74) is 2.45. The molecule has 1 amide bonds. The number of anilines is 3. The van der Waals surface area contributed by atoms with Gasteiger partial charge in [-0.25, -0.2) is 9.97 Å². The molecule has 0 saturated carbocycles. The summed E-state index contributed by atoms with van der Waals surface area (Å²) in [5.74, 6) is 2.09. The van der Waals surface area contributed by atoms with E-state index in [0.29, 0.717) is 12.0 Å².